The monoisotopic (exact) mass is 407 g/mol. The minimum Gasteiger partial charge on any atom is -0.493 e. The van der Waals surface area contributed by atoms with Crippen LogP contribution in [0, 0.1) is 0 Å². The molecule has 0 amide bonds. The summed E-state index contributed by atoms with van der Waals surface area (Å²) >= 11 is 3.67. The second kappa shape index (κ2) is 7.54. The zero-order valence-electron chi connectivity index (χ0n) is 14.8. The number of halogens is 1. The molecule has 0 bridgehead atoms. The lowest BCUT2D eigenvalue weighted by molar-refractivity contribution is 0.351. The number of ether oxygens (including phenoxy) is 4. The van der Waals surface area contributed by atoms with Crippen LogP contribution in [-0.2, 0) is 6.42 Å². The second-order valence-corrected chi connectivity index (χ2v) is 6.63. The molecule has 0 fully saturated rings. The molecule has 5 nitrogen and oxygen atoms in total. The lowest BCUT2D eigenvalue weighted by Gasteiger charge is -2.29. The first-order chi connectivity index (χ1) is 12.1. The largest absolute Gasteiger partial charge is 0.493 e. The van der Waals surface area contributed by atoms with Gasteiger partial charge in [0.05, 0.1) is 34.5 Å². The Morgan fingerprint density at radius 3 is 1.92 bits per heavy atom. The maximum atomic E-state index is 5.49. The Morgan fingerprint density at radius 1 is 0.800 bits per heavy atom. The summed E-state index contributed by atoms with van der Waals surface area (Å²) in [6.07, 6.45) is 0.942. The second-order valence-electron chi connectivity index (χ2n) is 5.77. The van der Waals surface area contributed by atoms with Crippen molar-refractivity contribution < 1.29 is 18.9 Å². The van der Waals surface area contributed by atoms with Crippen LogP contribution in [0.2, 0.25) is 0 Å². The van der Waals surface area contributed by atoms with E-state index >= 15 is 0 Å². The van der Waals surface area contributed by atoms with Gasteiger partial charge in [-0.25, -0.2) is 0 Å². The molecule has 0 saturated heterocycles. The number of fused-ring (bicyclic) bond motifs is 1. The Bertz CT molecular complexity index is 779. The van der Waals surface area contributed by atoms with Gasteiger partial charge in [-0.05, 0) is 47.4 Å². The summed E-state index contributed by atoms with van der Waals surface area (Å²) in [6, 6.07) is 8.08. The zero-order chi connectivity index (χ0) is 18.0. The Balaban J connectivity index is 2.12. The first kappa shape index (κ1) is 17.9. The highest BCUT2D eigenvalue weighted by Gasteiger charge is 2.26. The summed E-state index contributed by atoms with van der Waals surface area (Å²) in [7, 11) is 6.59. The molecule has 1 aliphatic rings. The van der Waals surface area contributed by atoms with Gasteiger partial charge in [-0.1, -0.05) is 15.9 Å². The van der Waals surface area contributed by atoms with Crippen molar-refractivity contribution in [2.45, 2.75) is 12.5 Å². The Kier molecular flexibility index (Phi) is 5.39. The number of hydrogen-bond donors (Lipinski definition) is 1. The van der Waals surface area contributed by atoms with Gasteiger partial charge < -0.3 is 24.3 Å². The summed E-state index contributed by atoms with van der Waals surface area (Å²) in [5.41, 5.74) is 3.52. The average molecular weight is 408 g/mol. The van der Waals surface area contributed by atoms with Crippen molar-refractivity contribution in [3.63, 3.8) is 0 Å². The fourth-order valence-corrected chi connectivity index (χ4v) is 3.80. The van der Waals surface area contributed by atoms with Crippen LogP contribution in [0.4, 0.5) is 0 Å². The van der Waals surface area contributed by atoms with Crippen LogP contribution in [0.1, 0.15) is 22.7 Å². The molecule has 1 unspecified atom stereocenters. The van der Waals surface area contributed by atoms with Gasteiger partial charge in [0.1, 0.15) is 0 Å². The number of hydrogen-bond acceptors (Lipinski definition) is 5. The lowest BCUT2D eigenvalue weighted by atomic mass is 9.89. The van der Waals surface area contributed by atoms with Crippen LogP contribution in [-0.4, -0.2) is 35.0 Å². The van der Waals surface area contributed by atoms with E-state index in [1.54, 1.807) is 28.4 Å². The summed E-state index contributed by atoms with van der Waals surface area (Å²) in [4.78, 5) is 0. The number of rotatable bonds is 5. The van der Waals surface area contributed by atoms with Crippen LogP contribution >= 0.6 is 15.9 Å². The van der Waals surface area contributed by atoms with Crippen molar-refractivity contribution in [2.75, 3.05) is 35.0 Å². The Morgan fingerprint density at radius 2 is 1.32 bits per heavy atom. The first-order valence-electron chi connectivity index (χ1n) is 8.02. The number of nitrogens with one attached hydrogen (secondary N) is 1. The van der Waals surface area contributed by atoms with Crippen LogP contribution in [0.15, 0.2) is 28.7 Å². The standard InChI is InChI=1S/C19H22BrNO4/c1-22-15-7-11-5-6-21-19(12(11)8-16(15)23-2)13-9-17(24-3)18(25-4)10-14(13)20/h7-10,19,21H,5-6H2,1-4H3. The van der Waals surface area contributed by atoms with E-state index in [1.807, 2.05) is 18.2 Å². The smallest absolute Gasteiger partial charge is 0.161 e. The van der Waals surface area contributed by atoms with E-state index in [0.717, 1.165) is 34.5 Å². The molecule has 1 N–H and O–H groups in total. The van der Waals surface area contributed by atoms with Crippen LogP contribution in [0.3, 0.4) is 0 Å². The van der Waals surface area contributed by atoms with Gasteiger partial charge in [-0.3, -0.25) is 0 Å². The molecule has 1 atom stereocenters. The molecule has 1 aliphatic heterocycles. The molecule has 134 valence electrons. The molecule has 2 aromatic rings. The Labute approximate surface area is 156 Å². The fourth-order valence-electron chi connectivity index (χ4n) is 3.25. The molecule has 3 rings (SSSR count). The van der Waals surface area contributed by atoms with Gasteiger partial charge in [0.25, 0.3) is 0 Å². The Hall–Kier alpha value is -1.92. The normalized spacial score (nSPS) is 16.1. The van der Waals surface area contributed by atoms with Gasteiger partial charge in [0.2, 0.25) is 0 Å². The molecule has 25 heavy (non-hydrogen) atoms. The first-order valence-corrected chi connectivity index (χ1v) is 8.81. The third-order valence-corrected chi connectivity index (χ3v) is 5.20. The molecule has 6 heteroatoms. The highest BCUT2D eigenvalue weighted by atomic mass is 79.9. The van der Waals surface area contributed by atoms with Crippen LogP contribution in [0.25, 0.3) is 0 Å². The topological polar surface area (TPSA) is 49.0 Å². The predicted molar refractivity (Wildman–Crippen MR) is 100 cm³/mol. The SMILES string of the molecule is COc1cc(Br)c(C2NCCc3cc(OC)c(OC)cc32)cc1OC. The summed E-state index contributed by atoms with van der Waals surface area (Å²) in [6.45, 7) is 0.883. The van der Waals surface area contributed by atoms with E-state index < -0.39 is 0 Å². The van der Waals surface area contributed by atoms with Crippen LogP contribution in [0.5, 0.6) is 23.0 Å². The molecule has 0 aliphatic carbocycles. The minimum atomic E-state index is 0.0257. The highest BCUT2D eigenvalue weighted by molar-refractivity contribution is 9.10. The average Bonchev–Trinajstić information content (AvgIpc) is 2.66. The molecular weight excluding hydrogens is 386 g/mol. The summed E-state index contributed by atoms with van der Waals surface area (Å²) < 4.78 is 22.8. The summed E-state index contributed by atoms with van der Waals surface area (Å²) in [5.74, 6) is 2.89. The minimum absolute atomic E-state index is 0.0257. The molecular formula is C19H22BrNO4. The third-order valence-electron chi connectivity index (χ3n) is 4.51. The number of methoxy groups -OCH3 is 4. The van der Waals surface area contributed by atoms with E-state index in [-0.39, 0.29) is 6.04 Å². The van der Waals surface area contributed by atoms with Crippen molar-refractivity contribution in [1.29, 1.82) is 0 Å². The van der Waals surface area contributed by atoms with Gasteiger partial charge in [0.15, 0.2) is 23.0 Å². The highest BCUT2D eigenvalue weighted by Crippen LogP contribution is 2.42. The predicted octanol–water partition coefficient (Wildman–Crippen LogP) is 3.72. The van der Waals surface area contributed by atoms with E-state index in [4.69, 9.17) is 18.9 Å². The molecule has 0 spiro atoms. The quantitative estimate of drug-likeness (QED) is 0.818. The van der Waals surface area contributed by atoms with E-state index in [0.29, 0.717) is 11.5 Å². The van der Waals surface area contributed by atoms with Gasteiger partial charge in [0, 0.05) is 11.0 Å². The van der Waals surface area contributed by atoms with E-state index in [2.05, 4.69) is 27.3 Å². The fraction of sp³-hybridized carbons (Fsp3) is 0.368. The van der Waals surface area contributed by atoms with Gasteiger partial charge in [-0.2, -0.15) is 0 Å². The van der Waals surface area contributed by atoms with Crippen LogP contribution < -0.4 is 24.3 Å². The van der Waals surface area contributed by atoms with Crippen molar-refractivity contribution in [1.82, 2.24) is 5.32 Å². The van der Waals surface area contributed by atoms with Crippen molar-refractivity contribution in [3.05, 3.63) is 45.4 Å². The summed E-state index contributed by atoms with van der Waals surface area (Å²) in [5, 5.41) is 3.59. The number of benzene rings is 2. The molecule has 2 aromatic carbocycles. The molecule has 0 saturated carbocycles. The zero-order valence-corrected chi connectivity index (χ0v) is 16.4. The maximum absolute atomic E-state index is 5.49. The van der Waals surface area contributed by atoms with Gasteiger partial charge >= 0.3 is 0 Å². The molecule has 0 radical (unpaired) electrons. The molecule has 0 aromatic heterocycles. The maximum Gasteiger partial charge on any atom is 0.161 e. The van der Waals surface area contributed by atoms with Crippen molar-refractivity contribution in [3.8, 4) is 23.0 Å². The van der Waals surface area contributed by atoms with Gasteiger partial charge in [-0.15, -0.1) is 0 Å². The lowest BCUT2D eigenvalue weighted by Crippen LogP contribution is -2.31. The van der Waals surface area contributed by atoms with E-state index in [1.165, 1.54) is 11.1 Å². The van der Waals surface area contributed by atoms with E-state index in [9.17, 15) is 0 Å². The van der Waals surface area contributed by atoms with Crippen molar-refractivity contribution >= 4 is 15.9 Å². The molecule has 1 heterocycles. The van der Waals surface area contributed by atoms with Crippen molar-refractivity contribution in [2.24, 2.45) is 0 Å². The third kappa shape index (κ3) is 3.28.